The molecule has 0 saturated carbocycles. The third kappa shape index (κ3) is 4.89. The van der Waals surface area contributed by atoms with E-state index < -0.39 is 21.6 Å². The van der Waals surface area contributed by atoms with Crippen LogP contribution in [-0.4, -0.2) is 78.2 Å². The molecular formula is C24H27FN4O6S. The van der Waals surface area contributed by atoms with Gasteiger partial charge in [0.1, 0.15) is 47.8 Å². The number of hydrogen-bond donors (Lipinski definition) is 2. The number of nitrogens with one attached hydrogen (secondary N) is 2. The monoisotopic (exact) mass is 518 g/mol. The largest absolute Gasteiger partial charge is 0.496 e. The first-order valence-electron chi connectivity index (χ1n) is 11.2. The molecule has 1 aromatic heterocycles. The molecule has 0 radical (unpaired) electrons. The first-order valence-corrected chi connectivity index (χ1v) is 13.3. The van der Waals surface area contributed by atoms with Crippen LogP contribution in [0.25, 0.3) is 10.9 Å². The maximum atomic E-state index is 14.2. The van der Waals surface area contributed by atoms with E-state index in [9.17, 15) is 8.60 Å². The number of nitrogens with zero attached hydrogens (tertiary/aromatic N) is 2. The van der Waals surface area contributed by atoms with Crippen molar-refractivity contribution in [2.24, 2.45) is 0 Å². The Morgan fingerprint density at radius 3 is 2.56 bits per heavy atom. The van der Waals surface area contributed by atoms with E-state index in [-0.39, 0.29) is 30.7 Å². The van der Waals surface area contributed by atoms with E-state index in [0.717, 1.165) is 0 Å². The summed E-state index contributed by atoms with van der Waals surface area (Å²) in [7, 11) is 0.620. The summed E-state index contributed by atoms with van der Waals surface area (Å²) >= 11 is 0. The minimum absolute atomic E-state index is 0.169. The SMILES string of the molecule is C=S(C)(=O)Nc1cc(OC)c2c(Nc3ccc(F)cc3OC3COC4C(OC)COC34)ncnc2c1. The second kappa shape index (κ2) is 9.69. The van der Waals surface area contributed by atoms with Gasteiger partial charge in [-0.25, -0.2) is 18.6 Å². The maximum absolute atomic E-state index is 14.2. The molecular weight excluding hydrogens is 491 g/mol. The Kier molecular flexibility index (Phi) is 6.60. The Bertz CT molecular complexity index is 1390. The lowest BCUT2D eigenvalue weighted by atomic mass is 10.1. The Hall–Kier alpha value is -3.19. The van der Waals surface area contributed by atoms with Gasteiger partial charge in [-0.05, 0) is 24.1 Å². The predicted molar refractivity (Wildman–Crippen MR) is 135 cm³/mol. The molecule has 2 aliphatic rings. The number of fused-ring (bicyclic) bond motifs is 2. The minimum Gasteiger partial charge on any atom is -0.496 e. The number of ether oxygens (including phenoxy) is 5. The molecule has 10 nitrogen and oxygen atoms in total. The Labute approximate surface area is 208 Å². The number of methoxy groups -OCH3 is 2. The zero-order chi connectivity index (χ0) is 25.4. The van der Waals surface area contributed by atoms with Gasteiger partial charge in [0.25, 0.3) is 0 Å². The first kappa shape index (κ1) is 24.5. The van der Waals surface area contributed by atoms with Crippen molar-refractivity contribution < 1.29 is 32.3 Å². The van der Waals surface area contributed by atoms with E-state index in [4.69, 9.17) is 23.7 Å². The molecule has 3 aromatic rings. The smallest absolute Gasteiger partial charge is 0.151 e. The summed E-state index contributed by atoms with van der Waals surface area (Å²) in [5, 5.41) is 3.80. The summed E-state index contributed by atoms with van der Waals surface area (Å²) in [5.74, 6) is 4.32. The standard InChI is InChI=1S/C24H27FN4O6S/c1-31-18-9-14(29-36(3,4)30)8-16-21(18)24(27-12-26-16)28-15-6-5-13(25)7-17(15)35-20-11-34-22-19(32-2)10-33-23(20)22/h5-9,12,19-20,22-23H,3,10-11H2,1-2,4H3,(H,29,30)(H,26,27,28). The van der Waals surface area contributed by atoms with E-state index in [1.54, 1.807) is 25.3 Å². The first-order chi connectivity index (χ1) is 17.3. The molecule has 2 aliphatic heterocycles. The van der Waals surface area contributed by atoms with Crippen molar-refractivity contribution in [1.82, 2.24) is 9.97 Å². The third-order valence-corrected chi connectivity index (χ3v) is 6.66. The summed E-state index contributed by atoms with van der Waals surface area (Å²) in [4.78, 5) is 8.71. The van der Waals surface area contributed by atoms with Crippen molar-refractivity contribution in [3.05, 3.63) is 42.5 Å². The molecule has 0 bridgehead atoms. The molecule has 5 rings (SSSR count). The second-order valence-corrected chi connectivity index (χ2v) is 10.9. The van der Waals surface area contributed by atoms with Gasteiger partial charge < -0.3 is 33.7 Å². The lowest BCUT2D eigenvalue weighted by Crippen LogP contribution is -2.35. The van der Waals surface area contributed by atoms with Crippen LogP contribution in [0.1, 0.15) is 0 Å². The van der Waals surface area contributed by atoms with Crippen LogP contribution < -0.4 is 19.5 Å². The van der Waals surface area contributed by atoms with Crippen LogP contribution in [0, 0.1) is 5.82 Å². The molecule has 5 atom stereocenters. The van der Waals surface area contributed by atoms with Crippen molar-refractivity contribution in [2.45, 2.75) is 24.4 Å². The number of halogens is 1. The van der Waals surface area contributed by atoms with E-state index in [1.807, 2.05) is 0 Å². The van der Waals surface area contributed by atoms with Gasteiger partial charge in [0, 0.05) is 35.2 Å². The lowest BCUT2D eigenvalue weighted by molar-refractivity contribution is -0.0138. The fourth-order valence-corrected chi connectivity index (χ4v) is 5.05. The molecule has 0 aliphatic carbocycles. The number of benzene rings is 2. The predicted octanol–water partition coefficient (Wildman–Crippen LogP) is 2.75. The average molecular weight is 519 g/mol. The molecule has 2 aromatic carbocycles. The summed E-state index contributed by atoms with van der Waals surface area (Å²) in [5.41, 5.74) is 1.57. The van der Waals surface area contributed by atoms with Gasteiger partial charge in [0.05, 0.1) is 42.6 Å². The third-order valence-electron chi connectivity index (χ3n) is 6.00. The van der Waals surface area contributed by atoms with Crippen LogP contribution in [0.4, 0.5) is 21.6 Å². The lowest BCUT2D eigenvalue weighted by Gasteiger charge is -2.21. The highest BCUT2D eigenvalue weighted by molar-refractivity contribution is 8.00. The highest BCUT2D eigenvalue weighted by Crippen LogP contribution is 2.38. The number of anilines is 3. The fourth-order valence-electron chi connectivity index (χ4n) is 4.44. The molecule has 0 spiro atoms. The number of aromatic nitrogens is 2. The van der Waals surface area contributed by atoms with Crippen LogP contribution in [0.2, 0.25) is 0 Å². The summed E-state index contributed by atoms with van der Waals surface area (Å²) in [6, 6.07) is 7.60. The van der Waals surface area contributed by atoms with Crippen LogP contribution in [0.3, 0.4) is 0 Å². The Morgan fingerprint density at radius 2 is 1.83 bits per heavy atom. The normalized spacial score (nSPS) is 24.8. The number of hydrogen-bond acceptors (Lipinski definition) is 9. The Morgan fingerprint density at radius 1 is 1.08 bits per heavy atom. The quantitative estimate of drug-likeness (QED) is 0.435. The molecule has 2 fully saturated rings. The molecule has 192 valence electrons. The molecule has 2 saturated heterocycles. The van der Waals surface area contributed by atoms with Gasteiger partial charge in [-0.3, -0.25) is 0 Å². The summed E-state index contributed by atoms with van der Waals surface area (Å²) in [6.45, 7) is 0.697. The molecule has 12 heteroatoms. The van der Waals surface area contributed by atoms with Crippen molar-refractivity contribution in [3.63, 3.8) is 0 Å². The molecule has 36 heavy (non-hydrogen) atoms. The zero-order valence-electron chi connectivity index (χ0n) is 20.0. The average Bonchev–Trinajstić information content (AvgIpc) is 3.42. The molecule has 3 heterocycles. The molecule has 5 unspecified atom stereocenters. The van der Waals surface area contributed by atoms with Gasteiger partial charge in [-0.2, -0.15) is 0 Å². The van der Waals surface area contributed by atoms with Crippen LogP contribution >= 0.6 is 0 Å². The highest BCUT2D eigenvalue weighted by Gasteiger charge is 2.49. The van der Waals surface area contributed by atoms with Crippen molar-refractivity contribution in [2.75, 3.05) is 43.7 Å². The maximum Gasteiger partial charge on any atom is 0.151 e. The van der Waals surface area contributed by atoms with E-state index >= 15 is 0 Å². The van der Waals surface area contributed by atoms with Gasteiger partial charge in [-0.1, -0.05) is 0 Å². The van der Waals surface area contributed by atoms with Gasteiger partial charge in [0.15, 0.2) is 6.10 Å². The number of rotatable bonds is 8. The van der Waals surface area contributed by atoms with Crippen LogP contribution in [-0.2, 0) is 23.9 Å². The van der Waals surface area contributed by atoms with E-state index in [2.05, 4.69) is 25.9 Å². The van der Waals surface area contributed by atoms with Gasteiger partial charge in [0.2, 0.25) is 0 Å². The van der Waals surface area contributed by atoms with Crippen LogP contribution in [0.15, 0.2) is 36.7 Å². The van der Waals surface area contributed by atoms with E-state index in [1.165, 1.54) is 31.8 Å². The van der Waals surface area contributed by atoms with Gasteiger partial charge >= 0.3 is 0 Å². The van der Waals surface area contributed by atoms with Crippen molar-refractivity contribution >= 4 is 43.7 Å². The minimum atomic E-state index is -2.51. The summed E-state index contributed by atoms with van der Waals surface area (Å²) < 4.78 is 58.0. The second-order valence-electron chi connectivity index (χ2n) is 8.69. The van der Waals surface area contributed by atoms with Crippen LogP contribution in [0.5, 0.6) is 11.5 Å². The van der Waals surface area contributed by atoms with Crippen molar-refractivity contribution in [3.8, 4) is 11.5 Å². The fraction of sp³-hybridized carbons (Fsp3) is 0.375. The zero-order valence-corrected chi connectivity index (χ0v) is 20.8. The molecule has 0 amide bonds. The molecule has 2 N–H and O–H groups in total. The van der Waals surface area contributed by atoms with Gasteiger partial charge in [-0.15, -0.1) is 0 Å². The van der Waals surface area contributed by atoms with Crippen molar-refractivity contribution in [1.29, 1.82) is 0 Å². The topological polar surface area (TPSA) is 113 Å². The highest BCUT2D eigenvalue weighted by atomic mass is 32.2. The summed E-state index contributed by atoms with van der Waals surface area (Å²) in [6.07, 6.45) is 1.72. The van der Waals surface area contributed by atoms with E-state index in [0.29, 0.717) is 40.5 Å². The Balaban J connectivity index is 1.47.